The zero-order valence-electron chi connectivity index (χ0n) is 16.7. The van der Waals surface area contributed by atoms with Gasteiger partial charge in [-0.2, -0.15) is 0 Å². The van der Waals surface area contributed by atoms with Crippen LogP contribution in [0.15, 0.2) is 24.4 Å². The van der Waals surface area contributed by atoms with E-state index >= 15 is 0 Å². The molecule has 5 heteroatoms. The Labute approximate surface area is 156 Å². The Kier molecular flexibility index (Phi) is 5.89. The topological polar surface area (TPSA) is 68.3 Å². The Bertz CT molecular complexity index is 720. The molecule has 0 saturated heterocycles. The van der Waals surface area contributed by atoms with Crippen LogP contribution in [0.4, 0.5) is 0 Å². The van der Waals surface area contributed by atoms with E-state index in [1.54, 1.807) is 19.2 Å². The Morgan fingerprint density at radius 1 is 1.23 bits per heavy atom. The lowest BCUT2D eigenvalue weighted by molar-refractivity contribution is -0.131. The normalized spacial score (nSPS) is 22.6. The van der Waals surface area contributed by atoms with Crippen LogP contribution >= 0.6 is 0 Å². The molecule has 2 rings (SSSR count). The number of carbonyl (C=O) groups is 2. The molecule has 142 valence electrons. The first kappa shape index (κ1) is 20.1. The quantitative estimate of drug-likeness (QED) is 0.649. The molecule has 0 bridgehead atoms. The number of carbonyl (C=O) groups excluding carboxylic acids is 2. The van der Waals surface area contributed by atoms with Crippen molar-refractivity contribution >= 4 is 11.9 Å². The van der Waals surface area contributed by atoms with E-state index in [2.05, 4.69) is 50.1 Å². The molecule has 1 aliphatic carbocycles. The van der Waals surface area contributed by atoms with Gasteiger partial charge in [-0.1, -0.05) is 39.8 Å². The third-order valence-electron chi connectivity index (χ3n) is 4.71. The molecule has 26 heavy (non-hydrogen) atoms. The van der Waals surface area contributed by atoms with Gasteiger partial charge in [0.1, 0.15) is 0 Å². The van der Waals surface area contributed by atoms with Gasteiger partial charge >= 0.3 is 5.97 Å². The second kappa shape index (κ2) is 7.60. The minimum atomic E-state index is -0.464. The van der Waals surface area contributed by atoms with E-state index in [0.717, 1.165) is 19.3 Å². The third kappa shape index (κ3) is 5.41. The summed E-state index contributed by atoms with van der Waals surface area (Å²) in [6, 6.07) is 1.74. The average Bonchev–Trinajstić information content (AvgIpc) is 2.46. The summed E-state index contributed by atoms with van der Waals surface area (Å²) in [5.74, 6) is -0.527. The van der Waals surface area contributed by atoms with Crippen molar-refractivity contribution in [3.05, 3.63) is 35.7 Å². The van der Waals surface area contributed by atoms with E-state index in [0.29, 0.717) is 5.56 Å². The number of amides is 1. The molecule has 5 nitrogen and oxygen atoms in total. The summed E-state index contributed by atoms with van der Waals surface area (Å²) >= 11 is 0. The summed E-state index contributed by atoms with van der Waals surface area (Å²) in [7, 11) is 0. The summed E-state index contributed by atoms with van der Waals surface area (Å²) in [5.41, 5.74) is 0.978. The molecule has 0 aromatic carbocycles. The molecule has 1 heterocycles. The highest BCUT2D eigenvalue weighted by atomic mass is 16.5. The number of rotatable bonds is 3. The van der Waals surface area contributed by atoms with Crippen molar-refractivity contribution < 1.29 is 14.3 Å². The summed E-state index contributed by atoms with van der Waals surface area (Å²) in [6.45, 7) is 11.9. The first-order chi connectivity index (χ1) is 12.0. The maximum absolute atomic E-state index is 12.9. The van der Waals surface area contributed by atoms with Crippen LogP contribution in [0.5, 0.6) is 5.75 Å². The van der Waals surface area contributed by atoms with Gasteiger partial charge in [-0.3, -0.25) is 9.59 Å². The van der Waals surface area contributed by atoms with Gasteiger partial charge < -0.3 is 10.1 Å². The molecule has 1 aromatic heterocycles. The van der Waals surface area contributed by atoms with Crippen LogP contribution in [-0.4, -0.2) is 22.9 Å². The van der Waals surface area contributed by atoms with Gasteiger partial charge in [0.15, 0.2) is 11.4 Å². The second-order valence-electron chi connectivity index (χ2n) is 8.74. The van der Waals surface area contributed by atoms with Gasteiger partial charge in [0.25, 0.3) is 5.91 Å². The number of ether oxygens (including phenoxy) is 1. The van der Waals surface area contributed by atoms with Crippen molar-refractivity contribution in [2.45, 2.75) is 66.8 Å². The lowest BCUT2D eigenvalue weighted by atomic mass is 9.74. The minimum Gasteiger partial charge on any atom is -0.424 e. The van der Waals surface area contributed by atoms with Crippen LogP contribution in [0.3, 0.4) is 0 Å². The van der Waals surface area contributed by atoms with Crippen LogP contribution < -0.4 is 10.1 Å². The lowest BCUT2D eigenvalue weighted by Crippen LogP contribution is -2.41. The molecule has 1 unspecified atom stereocenters. The van der Waals surface area contributed by atoms with E-state index in [9.17, 15) is 9.59 Å². The lowest BCUT2D eigenvalue weighted by Gasteiger charge is -2.36. The number of hydrogen-bond acceptors (Lipinski definition) is 4. The number of esters is 1. The van der Waals surface area contributed by atoms with Gasteiger partial charge in [0.2, 0.25) is 0 Å². The fourth-order valence-electron chi connectivity index (χ4n) is 3.56. The summed E-state index contributed by atoms with van der Waals surface area (Å²) in [5, 5.41) is 3.13. The fraction of sp³-hybridized carbons (Fsp3) is 0.571. The van der Waals surface area contributed by atoms with E-state index < -0.39 is 5.97 Å². The van der Waals surface area contributed by atoms with Crippen LogP contribution in [0.2, 0.25) is 0 Å². The highest BCUT2D eigenvalue weighted by Crippen LogP contribution is 2.36. The molecule has 1 N–H and O–H groups in total. The number of aromatic nitrogens is 1. The number of nitrogens with one attached hydrogen (secondary N) is 1. The number of pyridine rings is 1. The maximum Gasteiger partial charge on any atom is 0.308 e. The van der Waals surface area contributed by atoms with Crippen molar-refractivity contribution in [3.63, 3.8) is 0 Å². The molecule has 1 aromatic rings. The van der Waals surface area contributed by atoms with Crippen molar-refractivity contribution in [1.82, 2.24) is 10.3 Å². The number of hydrogen-bond donors (Lipinski definition) is 1. The molecule has 0 radical (unpaired) electrons. The maximum atomic E-state index is 12.9. The van der Waals surface area contributed by atoms with Crippen molar-refractivity contribution in [2.24, 2.45) is 10.8 Å². The van der Waals surface area contributed by atoms with Crippen LogP contribution in [0.1, 0.15) is 69.9 Å². The molecule has 0 fully saturated rings. The highest BCUT2D eigenvalue weighted by Gasteiger charge is 2.31. The number of allylic oxidation sites excluding steroid dienone is 2. The molecule has 1 atom stereocenters. The molecule has 1 amide bonds. The predicted molar refractivity (Wildman–Crippen MR) is 102 cm³/mol. The van der Waals surface area contributed by atoms with Crippen molar-refractivity contribution in [2.75, 3.05) is 0 Å². The molecular weight excluding hydrogens is 328 g/mol. The predicted octanol–water partition coefficient (Wildman–Crippen LogP) is 4.21. The van der Waals surface area contributed by atoms with Gasteiger partial charge in [-0.25, -0.2) is 4.98 Å². The van der Waals surface area contributed by atoms with Crippen LogP contribution in [0.25, 0.3) is 0 Å². The summed E-state index contributed by atoms with van der Waals surface area (Å²) in [6.07, 6.45) is 8.74. The fourth-order valence-corrected chi connectivity index (χ4v) is 3.56. The largest absolute Gasteiger partial charge is 0.424 e. The molecule has 0 aliphatic heterocycles. The monoisotopic (exact) mass is 358 g/mol. The van der Waals surface area contributed by atoms with Crippen molar-refractivity contribution in [1.29, 1.82) is 0 Å². The first-order valence-electron chi connectivity index (χ1n) is 9.12. The van der Waals surface area contributed by atoms with Crippen LogP contribution in [-0.2, 0) is 4.79 Å². The van der Waals surface area contributed by atoms with Gasteiger partial charge in [0.05, 0.1) is 0 Å². The van der Waals surface area contributed by atoms with Gasteiger partial charge in [-0.15, -0.1) is 0 Å². The van der Waals surface area contributed by atoms with E-state index in [1.165, 1.54) is 6.92 Å². The smallest absolute Gasteiger partial charge is 0.308 e. The van der Waals surface area contributed by atoms with Gasteiger partial charge in [-0.05, 0) is 48.6 Å². The first-order valence-corrected chi connectivity index (χ1v) is 9.12. The second-order valence-corrected chi connectivity index (χ2v) is 8.74. The molecule has 0 saturated carbocycles. The van der Waals surface area contributed by atoms with Crippen molar-refractivity contribution in [3.8, 4) is 5.75 Å². The molecule has 1 aliphatic rings. The average molecular weight is 358 g/mol. The highest BCUT2D eigenvalue weighted by molar-refractivity contribution is 5.96. The number of aryl methyl sites for hydroxylation is 1. The summed E-state index contributed by atoms with van der Waals surface area (Å²) in [4.78, 5) is 28.5. The number of nitrogens with zero attached hydrogens (tertiary/aromatic N) is 1. The Morgan fingerprint density at radius 2 is 1.92 bits per heavy atom. The zero-order chi connectivity index (χ0) is 19.5. The molecule has 0 spiro atoms. The van der Waals surface area contributed by atoms with E-state index in [-0.39, 0.29) is 34.2 Å². The Hall–Kier alpha value is -2.17. The van der Waals surface area contributed by atoms with E-state index in [4.69, 9.17) is 4.74 Å². The Balaban J connectivity index is 2.26. The zero-order valence-corrected chi connectivity index (χ0v) is 16.7. The summed E-state index contributed by atoms with van der Waals surface area (Å²) < 4.78 is 5.24. The standard InChI is InChI=1S/C21H30N2O3/c1-14-8-11-22-17(18(14)26-15(2)24)19(25)23-16-12-20(3,4)9-7-10-21(5,6)13-16/h7-9,11,16H,10,12-13H2,1-6H3,(H,23,25)/b9-7-. The SMILES string of the molecule is CC(=O)Oc1c(C)ccnc1C(=O)NC1CC(C)(C)/C=C\CC(C)(C)C1. The minimum absolute atomic E-state index is 0.00714. The van der Waals surface area contributed by atoms with Gasteiger partial charge in [0, 0.05) is 19.2 Å². The van der Waals surface area contributed by atoms with E-state index in [1.807, 2.05) is 0 Å². The van der Waals surface area contributed by atoms with Crippen LogP contribution in [0, 0.1) is 17.8 Å². The third-order valence-corrected chi connectivity index (χ3v) is 4.71. The molecular formula is C21H30N2O3. The Morgan fingerprint density at radius 3 is 2.58 bits per heavy atom.